The van der Waals surface area contributed by atoms with Crippen molar-refractivity contribution >= 4 is 31.6 Å². The van der Waals surface area contributed by atoms with Crippen LogP contribution in [0.4, 0.5) is 11.5 Å². The second-order valence-corrected chi connectivity index (χ2v) is 10.4. The van der Waals surface area contributed by atoms with E-state index in [4.69, 9.17) is 0 Å². The predicted molar refractivity (Wildman–Crippen MR) is 122 cm³/mol. The summed E-state index contributed by atoms with van der Waals surface area (Å²) in [5, 5.41) is 0. The van der Waals surface area contributed by atoms with Gasteiger partial charge in [0.2, 0.25) is 0 Å². The number of nitrogens with one attached hydrogen (secondary N) is 2. The predicted octanol–water partition coefficient (Wildman–Crippen LogP) is 4.42. The van der Waals surface area contributed by atoms with Gasteiger partial charge in [0, 0.05) is 11.9 Å². The van der Waals surface area contributed by atoms with Crippen molar-refractivity contribution in [3.05, 3.63) is 78.5 Å². The summed E-state index contributed by atoms with van der Waals surface area (Å²) in [5.74, 6) is 0.199. The van der Waals surface area contributed by atoms with Crippen molar-refractivity contribution in [1.29, 1.82) is 0 Å². The normalized spacial score (nSPS) is 11.8. The maximum Gasteiger partial charge on any atom is 0.263 e. The smallest absolute Gasteiger partial charge is 0.263 e. The minimum absolute atomic E-state index is 0.00228. The molecule has 0 saturated heterocycles. The number of rotatable bonds is 10. The molecule has 0 aliphatic heterocycles. The van der Waals surface area contributed by atoms with Crippen LogP contribution in [-0.4, -0.2) is 21.8 Å². The second-order valence-electron chi connectivity index (χ2n) is 7.05. The van der Waals surface area contributed by atoms with Crippen LogP contribution >= 0.6 is 0 Å². The molecule has 2 N–H and O–H groups in total. The summed E-state index contributed by atoms with van der Waals surface area (Å²) in [6, 6.07) is 17.2. The molecule has 0 radical (unpaired) electrons. The van der Waals surface area contributed by atoms with E-state index in [9.17, 15) is 16.8 Å². The number of anilines is 2. The van der Waals surface area contributed by atoms with Gasteiger partial charge in [0.25, 0.3) is 20.0 Å². The van der Waals surface area contributed by atoms with E-state index in [0.717, 1.165) is 31.2 Å². The van der Waals surface area contributed by atoms with Crippen LogP contribution in [0.5, 0.6) is 0 Å². The minimum Gasteiger partial charge on any atom is -0.280 e. The third-order valence-electron chi connectivity index (χ3n) is 4.62. The summed E-state index contributed by atoms with van der Waals surface area (Å²) < 4.78 is 55.1. The van der Waals surface area contributed by atoms with Gasteiger partial charge in [-0.3, -0.25) is 9.44 Å². The number of hydrogen-bond acceptors (Lipinski definition) is 5. The number of hydrogen-bond donors (Lipinski definition) is 2. The molecule has 31 heavy (non-hydrogen) atoms. The first kappa shape index (κ1) is 22.8. The van der Waals surface area contributed by atoms with Gasteiger partial charge >= 0.3 is 0 Å². The highest BCUT2D eigenvalue weighted by Gasteiger charge is 2.17. The van der Waals surface area contributed by atoms with Gasteiger partial charge in [-0.1, -0.05) is 38.0 Å². The van der Waals surface area contributed by atoms with Gasteiger partial charge in [0.1, 0.15) is 5.82 Å². The molecule has 3 aromatic rings. The standard InChI is InChI=1S/C22H25N3O4S2/c1-2-3-4-7-18-9-13-20(14-10-18)30(26,27)24-19-11-15-21(16-12-19)31(28,29)25-22-8-5-6-17-23-22/h5-6,8-17,24H,2-4,7H2,1H3,(H,23,25). The zero-order valence-electron chi connectivity index (χ0n) is 17.2. The molecule has 9 heteroatoms. The maximum atomic E-state index is 12.6. The van der Waals surface area contributed by atoms with Gasteiger partial charge in [-0.05, 0) is 66.9 Å². The Labute approximate surface area is 183 Å². The molecule has 2 aromatic carbocycles. The van der Waals surface area contributed by atoms with Crippen molar-refractivity contribution in [2.24, 2.45) is 0 Å². The van der Waals surface area contributed by atoms with E-state index in [1.165, 1.54) is 36.5 Å². The number of sulfonamides is 2. The fourth-order valence-corrected chi connectivity index (χ4v) is 5.02. The topological polar surface area (TPSA) is 105 Å². The van der Waals surface area contributed by atoms with Crippen LogP contribution in [0, 0.1) is 0 Å². The van der Waals surface area contributed by atoms with E-state index in [1.807, 2.05) is 12.1 Å². The number of benzene rings is 2. The molecule has 0 bridgehead atoms. The lowest BCUT2D eigenvalue weighted by Crippen LogP contribution is -2.15. The number of pyridine rings is 1. The quantitative estimate of drug-likeness (QED) is 0.437. The molecule has 0 unspecified atom stereocenters. The third kappa shape index (κ3) is 6.28. The summed E-state index contributed by atoms with van der Waals surface area (Å²) in [6.45, 7) is 2.14. The van der Waals surface area contributed by atoms with Gasteiger partial charge < -0.3 is 0 Å². The molecule has 0 spiro atoms. The molecule has 7 nitrogen and oxygen atoms in total. The molecule has 3 rings (SSSR count). The van der Waals surface area contributed by atoms with Gasteiger partial charge in [0.05, 0.1) is 9.79 Å². The number of unbranched alkanes of at least 4 members (excludes halogenated alkanes) is 2. The minimum atomic E-state index is -3.83. The van der Waals surface area contributed by atoms with Crippen LogP contribution in [0.15, 0.2) is 82.7 Å². The van der Waals surface area contributed by atoms with E-state index in [2.05, 4.69) is 21.4 Å². The van der Waals surface area contributed by atoms with Crippen LogP contribution in [-0.2, 0) is 26.5 Å². The summed E-state index contributed by atoms with van der Waals surface area (Å²) in [4.78, 5) is 4.08. The lowest BCUT2D eigenvalue weighted by Gasteiger charge is -2.11. The van der Waals surface area contributed by atoms with Gasteiger partial charge in [-0.2, -0.15) is 0 Å². The second kappa shape index (κ2) is 9.93. The Morgan fingerprint density at radius 1 is 0.742 bits per heavy atom. The van der Waals surface area contributed by atoms with Crippen molar-refractivity contribution in [3.63, 3.8) is 0 Å². The van der Waals surface area contributed by atoms with Crippen molar-refractivity contribution in [2.75, 3.05) is 9.44 Å². The zero-order chi connectivity index (χ0) is 22.3. The monoisotopic (exact) mass is 459 g/mol. The average molecular weight is 460 g/mol. The lowest BCUT2D eigenvalue weighted by atomic mass is 10.1. The molecule has 0 saturated carbocycles. The van der Waals surface area contributed by atoms with Crippen molar-refractivity contribution in [3.8, 4) is 0 Å². The highest BCUT2D eigenvalue weighted by atomic mass is 32.2. The molecular weight excluding hydrogens is 434 g/mol. The highest BCUT2D eigenvalue weighted by molar-refractivity contribution is 7.93. The van der Waals surface area contributed by atoms with Crippen molar-refractivity contribution < 1.29 is 16.8 Å². The Morgan fingerprint density at radius 2 is 1.35 bits per heavy atom. The van der Waals surface area contributed by atoms with E-state index in [1.54, 1.807) is 24.3 Å². The average Bonchev–Trinajstić information content (AvgIpc) is 2.75. The molecule has 0 amide bonds. The molecule has 164 valence electrons. The first-order valence-electron chi connectivity index (χ1n) is 9.96. The zero-order valence-corrected chi connectivity index (χ0v) is 18.8. The van der Waals surface area contributed by atoms with E-state index in [0.29, 0.717) is 0 Å². The Kier molecular flexibility index (Phi) is 7.29. The first-order valence-corrected chi connectivity index (χ1v) is 12.9. The summed E-state index contributed by atoms with van der Waals surface area (Å²) in [7, 11) is -7.61. The highest BCUT2D eigenvalue weighted by Crippen LogP contribution is 2.20. The summed E-state index contributed by atoms with van der Waals surface area (Å²) >= 11 is 0. The largest absolute Gasteiger partial charge is 0.280 e. The number of nitrogens with zero attached hydrogens (tertiary/aromatic N) is 1. The van der Waals surface area contributed by atoms with Crippen LogP contribution in [0.3, 0.4) is 0 Å². The molecule has 1 heterocycles. The van der Waals surface area contributed by atoms with Crippen molar-refractivity contribution in [1.82, 2.24) is 4.98 Å². The first-order chi connectivity index (χ1) is 14.8. The van der Waals surface area contributed by atoms with Crippen LogP contribution < -0.4 is 9.44 Å². The Hall–Kier alpha value is -2.91. The molecule has 0 aliphatic rings. The molecule has 0 fully saturated rings. The molecule has 1 aromatic heterocycles. The fourth-order valence-electron chi connectivity index (χ4n) is 2.95. The Morgan fingerprint density at radius 3 is 1.94 bits per heavy atom. The summed E-state index contributed by atoms with van der Waals surface area (Å²) in [6.07, 6.45) is 5.75. The van der Waals surface area contributed by atoms with E-state index < -0.39 is 20.0 Å². The fraction of sp³-hybridized carbons (Fsp3) is 0.227. The van der Waals surface area contributed by atoms with Gasteiger partial charge in [-0.15, -0.1) is 0 Å². The van der Waals surface area contributed by atoms with Gasteiger partial charge in [-0.25, -0.2) is 21.8 Å². The van der Waals surface area contributed by atoms with E-state index in [-0.39, 0.29) is 21.3 Å². The van der Waals surface area contributed by atoms with E-state index >= 15 is 0 Å². The Balaban J connectivity index is 1.68. The molecule has 0 aliphatic carbocycles. The molecular formula is C22H25N3O4S2. The third-order valence-corrected chi connectivity index (χ3v) is 7.39. The SMILES string of the molecule is CCCCCc1ccc(S(=O)(=O)Nc2ccc(S(=O)(=O)Nc3ccccn3)cc2)cc1. The lowest BCUT2D eigenvalue weighted by molar-refractivity contribution is 0.600. The maximum absolute atomic E-state index is 12.6. The van der Waals surface area contributed by atoms with Crippen LogP contribution in [0.2, 0.25) is 0 Å². The van der Waals surface area contributed by atoms with Crippen LogP contribution in [0.25, 0.3) is 0 Å². The summed E-state index contributed by atoms with van der Waals surface area (Å²) in [5.41, 5.74) is 1.37. The Bertz CT molecular complexity index is 1190. The van der Waals surface area contributed by atoms with Crippen molar-refractivity contribution in [2.45, 2.75) is 42.4 Å². The van der Waals surface area contributed by atoms with Gasteiger partial charge in [0.15, 0.2) is 0 Å². The molecule has 0 atom stereocenters. The number of aryl methyl sites for hydroxylation is 1. The van der Waals surface area contributed by atoms with Crippen LogP contribution in [0.1, 0.15) is 31.7 Å². The number of aromatic nitrogens is 1.